The Balaban J connectivity index is 2.21. The van der Waals surface area contributed by atoms with Crippen LogP contribution in [0.1, 0.15) is 23.2 Å². The van der Waals surface area contributed by atoms with E-state index < -0.39 is 5.82 Å². The summed E-state index contributed by atoms with van der Waals surface area (Å²) in [5.41, 5.74) is 0.473. The molecule has 1 aromatic carbocycles. The van der Waals surface area contributed by atoms with Crippen LogP contribution >= 0.6 is 15.9 Å². The molecule has 1 fully saturated rings. The Hall–Kier alpha value is -1.10. The topological polar surface area (TPSA) is 29.5 Å². The van der Waals surface area contributed by atoms with Gasteiger partial charge in [0, 0.05) is 23.5 Å². The van der Waals surface area contributed by atoms with Gasteiger partial charge in [-0.3, -0.25) is 4.79 Å². The van der Waals surface area contributed by atoms with E-state index in [1.54, 1.807) is 0 Å². The first-order valence-corrected chi connectivity index (χ1v) is 7.00. The molecule has 0 N–H and O–H groups in total. The van der Waals surface area contributed by atoms with Crippen LogP contribution < -0.4 is 4.74 Å². The van der Waals surface area contributed by atoms with Gasteiger partial charge in [-0.2, -0.15) is 0 Å². The second kappa shape index (κ2) is 5.69. The fourth-order valence-electron chi connectivity index (χ4n) is 1.89. The number of benzene rings is 1. The Morgan fingerprint density at radius 3 is 2.83 bits per heavy atom. The molecule has 2 rings (SSSR count). The maximum atomic E-state index is 13.3. The molecule has 1 saturated carbocycles. The number of methoxy groups -OCH3 is 1. The molecule has 0 heterocycles. The van der Waals surface area contributed by atoms with Crippen LogP contribution in [-0.4, -0.2) is 35.8 Å². The number of hydrogen-bond acceptors (Lipinski definition) is 2. The minimum absolute atomic E-state index is 0.0600. The monoisotopic (exact) mass is 315 g/mol. The summed E-state index contributed by atoms with van der Waals surface area (Å²) in [4.78, 5) is 14.2. The summed E-state index contributed by atoms with van der Waals surface area (Å²) >= 11 is 3.35. The van der Waals surface area contributed by atoms with Crippen molar-refractivity contribution in [2.24, 2.45) is 0 Å². The minimum Gasteiger partial charge on any atom is -0.494 e. The van der Waals surface area contributed by atoms with Crippen molar-refractivity contribution in [1.29, 1.82) is 0 Å². The van der Waals surface area contributed by atoms with E-state index >= 15 is 0 Å². The van der Waals surface area contributed by atoms with Gasteiger partial charge in [-0.25, -0.2) is 4.39 Å². The van der Waals surface area contributed by atoms with Gasteiger partial charge >= 0.3 is 0 Å². The summed E-state index contributed by atoms with van der Waals surface area (Å²) in [5, 5.41) is 0.744. The fourth-order valence-corrected chi connectivity index (χ4v) is 2.27. The van der Waals surface area contributed by atoms with Crippen LogP contribution in [0.3, 0.4) is 0 Å². The Labute approximate surface area is 114 Å². The van der Waals surface area contributed by atoms with Gasteiger partial charge in [0.1, 0.15) is 0 Å². The molecule has 0 aromatic heterocycles. The highest BCUT2D eigenvalue weighted by atomic mass is 79.9. The summed E-state index contributed by atoms with van der Waals surface area (Å²) < 4.78 is 18.2. The molecule has 0 spiro atoms. The Kier molecular flexibility index (Phi) is 4.22. The zero-order valence-corrected chi connectivity index (χ0v) is 11.7. The number of nitrogens with zero attached hydrogens (tertiary/aromatic N) is 1. The third kappa shape index (κ3) is 2.83. The number of carbonyl (C=O) groups excluding carboxylic acids is 1. The molecule has 1 aliphatic carbocycles. The summed E-state index contributed by atoms with van der Waals surface area (Å²) in [6.45, 7) is 0.670. The highest BCUT2D eigenvalue weighted by Gasteiger charge is 2.32. The third-order valence-corrected chi connectivity index (χ3v) is 3.33. The average Bonchev–Trinajstić information content (AvgIpc) is 3.20. The second-order valence-corrected chi connectivity index (χ2v) is 5.06. The first-order chi connectivity index (χ1) is 8.67. The molecule has 0 aliphatic heterocycles. The van der Waals surface area contributed by atoms with Crippen LogP contribution in [0.2, 0.25) is 0 Å². The maximum absolute atomic E-state index is 13.3. The van der Waals surface area contributed by atoms with E-state index in [2.05, 4.69) is 15.9 Å². The number of carbonyl (C=O) groups is 1. The van der Waals surface area contributed by atoms with E-state index in [0.29, 0.717) is 18.2 Å². The van der Waals surface area contributed by atoms with E-state index in [0.717, 1.165) is 18.2 Å². The predicted octanol–water partition coefficient (Wildman–Crippen LogP) is 2.83. The number of amides is 1. The van der Waals surface area contributed by atoms with Crippen molar-refractivity contribution < 1.29 is 13.9 Å². The van der Waals surface area contributed by atoms with Gasteiger partial charge in [0.25, 0.3) is 5.91 Å². The summed E-state index contributed by atoms with van der Waals surface area (Å²) in [7, 11) is 1.39. The van der Waals surface area contributed by atoms with Gasteiger partial charge in [0.15, 0.2) is 11.6 Å². The van der Waals surface area contributed by atoms with E-state index in [4.69, 9.17) is 4.74 Å². The van der Waals surface area contributed by atoms with Crippen LogP contribution in [0.25, 0.3) is 0 Å². The lowest BCUT2D eigenvalue weighted by molar-refractivity contribution is 0.0754. The van der Waals surface area contributed by atoms with Gasteiger partial charge in [0.2, 0.25) is 0 Å². The molecular weight excluding hydrogens is 301 g/mol. The highest BCUT2D eigenvalue weighted by Crippen LogP contribution is 2.29. The maximum Gasteiger partial charge on any atom is 0.254 e. The number of halogens is 2. The number of ether oxygens (including phenoxy) is 1. The zero-order chi connectivity index (χ0) is 13.1. The number of rotatable bonds is 5. The lowest BCUT2D eigenvalue weighted by Crippen LogP contribution is -2.34. The predicted molar refractivity (Wildman–Crippen MR) is 70.8 cm³/mol. The van der Waals surface area contributed by atoms with E-state index in [-0.39, 0.29) is 11.7 Å². The molecule has 1 amide bonds. The molecule has 98 valence electrons. The molecule has 0 radical (unpaired) electrons. The highest BCUT2D eigenvalue weighted by molar-refractivity contribution is 9.09. The second-order valence-electron chi connectivity index (χ2n) is 4.27. The van der Waals surface area contributed by atoms with E-state index in [9.17, 15) is 9.18 Å². The minimum atomic E-state index is -0.451. The first kappa shape index (κ1) is 13.3. The largest absolute Gasteiger partial charge is 0.494 e. The zero-order valence-electron chi connectivity index (χ0n) is 10.2. The summed E-state index contributed by atoms with van der Waals surface area (Å²) in [6.07, 6.45) is 2.11. The van der Waals surface area contributed by atoms with E-state index in [1.165, 1.54) is 25.3 Å². The van der Waals surface area contributed by atoms with Crippen molar-refractivity contribution in [2.45, 2.75) is 18.9 Å². The summed E-state index contributed by atoms with van der Waals surface area (Å²) in [5.74, 6) is -0.404. The van der Waals surface area contributed by atoms with Gasteiger partial charge in [0.05, 0.1) is 7.11 Å². The fraction of sp³-hybridized carbons (Fsp3) is 0.462. The molecular formula is C13H15BrFNO2. The molecule has 3 nitrogen and oxygen atoms in total. The molecule has 0 unspecified atom stereocenters. The van der Waals surface area contributed by atoms with Crippen molar-refractivity contribution in [3.8, 4) is 5.75 Å². The van der Waals surface area contributed by atoms with Crippen molar-refractivity contribution >= 4 is 21.8 Å². The normalized spacial score (nSPS) is 14.4. The SMILES string of the molecule is COc1cc(C(=O)N(CCBr)C2CC2)ccc1F. The quantitative estimate of drug-likeness (QED) is 0.782. The molecule has 0 bridgehead atoms. The molecule has 18 heavy (non-hydrogen) atoms. The van der Waals surface area contributed by atoms with Gasteiger partial charge in [-0.15, -0.1) is 0 Å². The molecule has 0 saturated heterocycles. The Bertz CT molecular complexity index is 449. The van der Waals surface area contributed by atoms with Crippen molar-refractivity contribution in [2.75, 3.05) is 19.0 Å². The number of alkyl halides is 1. The van der Waals surface area contributed by atoms with Gasteiger partial charge in [-0.05, 0) is 31.0 Å². The van der Waals surface area contributed by atoms with Crippen LogP contribution in [0.5, 0.6) is 5.75 Å². The van der Waals surface area contributed by atoms with Crippen LogP contribution in [0, 0.1) is 5.82 Å². The van der Waals surface area contributed by atoms with Crippen molar-refractivity contribution in [3.05, 3.63) is 29.6 Å². The third-order valence-electron chi connectivity index (χ3n) is 2.97. The van der Waals surface area contributed by atoms with Gasteiger partial charge < -0.3 is 9.64 Å². The smallest absolute Gasteiger partial charge is 0.254 e. The van der Waals surface area contributed by atoms with Gasteiger partial charge in [-0.1, -0.05) is 15.9 Å². The Morgan fingerprint density at radius 2 is 2.28 bits per heavy atom. The molecule has 1 aliphatic rings. The van der Waals surface area contributed by atoms with Crippen molar-refractivity contribution in [3.63, 3.8) is 0 Å². The van der Waals surface area contributed by atoms with Crippen LogP contribution in [0.15, 0.2) is 18.2 Å². The lowest BCUT2D eigenvalue weighted by atomic mass is 10.1. The molecule has 0 atom stereocenters. The molecule has 1 aromatic rings. The Morgan fingerprint density at radius 1 is 1.56 bits per heavy atom. The molecule has 5 heteroatoms. The lowest BCUT2D eigenvalue weighted by Gasteiger charge is -2.21. The average molecular weight is 316 g/mol. The summed E-state index contributed by atoms with van der Waals surface area (Å²) in [6, 6.07) is 4.57. The standard InChI is InChI=1S/C13H15BrFNO2/c1-18-12-8-9(2-5-11(12)15)13(17)16(7-6-14)10-3-4-10/h2,5,8,10H,3-4,6-7H2,1H3. The van der Waals surface area contributed by atoms with Crippen molar-refractivity contribution in [1.82, 2.24) is 4.90 Å². The van der Waals surface area contributed by atoms with Crippen LogP contribution in [-0.2, 0) is 0 Å². The van der Waals surface area contributed by atoms with Crippen LogP contribution in [0.4, 0.5) is 4.39 Å². The number of hydrogen-bond donors (Lipinski definition) is 0. The first-order valence-electron chi connectivity index (χ1n) is 5.88. The van der Waals surface area contributed by atoms with E-state index in [1.807, 2.05) is 4.90 Å².